The zero-order valence-electron chi connectivity index (χ0n) is 47.0. The van der Waals surface area contributed by atoms with E-state index in [0.717, 1.165) is 6.42 Å². The summed E-state index contributed by atoms with van der Waals surface area (Å²) in [6, 6.07) is 0. The molecule has 21 fully saturated rings. The van der Waals surface area contributed by atoms with Crippen LogP contribution in [0.25, 0.3) is 0 Å². The largest absolute Gasteiger partial charge is 0.394 e. The Bertz CT molecular complexity index is 2070. The molecule has 0 radical (unpaired) electrons. The van der Waals surface area contributed by atoms with Gasteiger partial charge in [-0.15, -0.1) is 0 Å². The van der Waals surface area contributed by atoms with Crippen LogP contribution in [0.15, 0.2) is 0 Å². The minimum Gasteiger partial charge on any atom is -0.394 e. The zero-order valence-corrected chi connectivity index (χ0v) is 47.0. The molecule has 37 heteroatoms. The second-order valence-corrected chi connectivity index (χ2v) is 22.6. The molecular formula is C50H86N2O35. The van der Waals surface area contributed by atoms with E-state index in [-0.39, 0.29) is 12.5 Å². The number of rotatable bonds is 15. The molecule has 0 aliphatic carbocycles. The monoisotopic (exact) mass is 1270 g/mol. The number of carbonyl (C=O) groups excluding carboxylic acids is 1. The van der Waals surface area contributed by atoms with Crippen LogP contribution in [-0.2, 0) is 71.1 Å². The molecule has 21 rings (SSSR count). The van der Waals surface area contributed by atoms with E-state index in [2.05, 4.69) is 10.6 Å². The second kappa shape index (κ2) is 31.8. The first-order valence-corrected chi connectivity index (χ1v) is 28.8. The highest BCUT2D eigenvalue weighted by molar-refractivity contribution is 5.72. The first-order valence-electron chi connectivity index (χ1n) is 28.8. The lowest BCUT2D eigenvalue weighted by molar-refractivity contribution is -0.396. The Labute approximate surface area is 495 Å². The van der Waals surface area contributed by atoms with Crippen molar-refractivity contribution in [2.75, 3.05) is 59.3 Å². The Morgan fingerprint density at radius 1 is 0.276 bits per heavy atom. The van der Waals surface area contributed by atoms with E-state index in [9.17, 15) is 107 Å². The van der Waals surface area contributed by atoms with Gasteiger partial charge in [0.2, 0.25) is 5.91 Å². The number of hydrogen-bond acceptors (Lipinski definition) is 36. The summed E-state index contributed by atoms with van der Waals surface area (Å²) in [5.74, 6) is -0.178. The normalized spacial score (nSPS) is 50.3. The smallest absolute Gasteiger partial charge is 0.216 e. The van der Waals surface area contributed by atoms with E-state index in [1.807, 2.05) is 0 Å². The summed E-state index contributed by atoms with van der Waals surface area (Å²) in [5, 5.41) is 229. The Morgan fingerprint density at radius 3 is 0.678 bits per heavy atom. The number of unbranched alkanes of at least 4 members (excludes halogenated alkanes) is 3. The van der Waals surface area contributed by atoms with E-state index < -0.39 is 255 Å². The van der Waals surface area contributed by atoms with Crippen LogP contribution in [0.3, 0.4) is 0 Å². The highest BCUT2D eigenvalue weighted by atomic mass is 16.8. The quantitative estimate of drug-likeness (QED) is 0.0677. The summed E-state index contributed by atoms with van der Waals surface area (Å²) in [6.07, 6.45) is -66.7. The van der Waals surface area contributed by atoms with Gasteiger partial charge in [-0.25, -0.2) is 0 Å². The lowest BCUT2D eigenvalue weighted by Crippen LogP contribution is -2.68. The molecule has 21 aliphatic rings. The molecule has 0 spiro atoms. The number of ether oxygens (including phenoxy) is 14. The summed E-state index contributed by atoms with van der Waals surface area (Å²) in [5.41, 5.74) is 0. The van der Waals surface area contributed by atoms with Crippen LogP contribution in [0.5, 0.6) is 0 Å². The summed E-state index contributed by atoms with van der Waals surface area (Å²) >= 11 is 0. The summed E-state index contributed by atoms with van der Waals surface area (Å²) < 4.78 is 81.4. The van der Waals surface area contributed by atoms with Gasteiger partial charge in [-0.05, 0) is 19.4 Å². The van der Waals surface area contributed by atoms with Gasteiger partial charge in [-0.2, -0.15) is 0 Å². The maximum absolute atomic E-state index is 11.8. The predicted molar refractivity (Wildman–Crippen MR) is 271 cm³/mol. The fraction of sp³-hybridized carbons (Fsp3) is 0.980. The van der Waals surface area contributed by atoms with E-state index >= 15 is 0 Å². The van der Waals surface area contributed by atoms with Crippen LogP contribution in [0.4, 0.5) is 0 Å². The van der Waals surface area contributed by atoms with Crippen molar-refractivity contribution >= 4 is 5.91 Å². The minimum absolute atomic E-state index is 0.178. The van der Waals surface area contributed by atoms with Gasteiger partial charge < -0.3 is 179 Å². The van der Waals surface area contributed by atoms with Gasteiger partial charge >= 0.3 is 0 Å². The molecule has 87 heavy (non-hydrogen) atoms. The predicted octanol–water partition coefficient (Wildman–Crippen LogP) is -13.9. The molecule has 506 valence electrons. The average Bonchev–Trinajstić information content (AvgIpc) is 2.42. The van der Waals surface area contributed by atoms with Crippen LogP contribution < -0.4 is 10.6 Å². The van der Waals surface area contributed by atoms with E-state index in [0.29, 0.717) is 32.4 Å². The molecule has 35 atom stereocenters. The standard InChI is InChI=1S/C50H86N2O35/c1-15(59)52-7-5-3-2-4-6-51-8-16-37-23(60)30(67)44(74-16)82-38-17(9-53)76-46(32(69)25(38)62)84-40-19(11-55)78-48(34(71)27(40)64)86-42-21(13-57)80-50(36(73)29(42)66)87-43-22(14-58)79-49(35(72)28(43)65)85-41-20(12-56)77-47(33(70)26(41)63)83-39-18(10-54)75-45(81-37)31(68)24(39)61/h16-51,53-58,60-73H,2-14H2,1H3,(H,52,59)/t16-,17+,18-,19+,20-,21+,22-,23+,24+,25+,26+,27-,28+,29+,30+,31+,32-,33+,34-,35+,36+,37+,38+,39+,40+,41+,42+,43+,44+,45+,46+,47+,48+,49+,50+/m0/s1. The molecule has 21 aliphatic heterocycles. The highest BCUT2D eigenvalue weighted by Gasteiger charge is 2.59. The van der Waals surface area contributed by atoms with Crippen LogP contribution in [0.1, 0.15) is 32.6 Å². The molecule has 37 nitrogen and oxygen atoms in total. The Balaban J connectivity index is 1.07. The highest BCUT2D eigenvalue weighted by Crippen LogP contribution is 2.39. The second-order valence-electron chi connectivity index (χ2n) is 22.6. The number of carbonyl (C=O) groups is 1. The topological polar surface area (TPSA) is 575 Å². The van der Waals surface area contributed by atoms with Crippen LogP contribution >= 0.6 is 0 Å². The first kappa shape index (κ1) is 70.9. The first-order chi connectivity index (χ1) is 41.5. The number of amides is 1. The van der Waals surface area contributed by atoms with Gasteiger partial charge in [-0.3, -0.25) is 4.79 Å². The summed E-state index contributed by atoms with van der Waals surface area (Å²) in [7, 11) is 0. The fourth-order valence-electron chi connectivity index (χ4n) is 11.7. The van der Waals surface area contributed by atoms with Gasteiger partial charge in [0.05, 0.1) is 39.6 Å². The van der Waals surface area contributed by atoms with Crippen molar-refractivity contribution in [3.8, 4) is 0 Å². The Kier molecular flexibility index (Phi) is 25.9. The van der Waals surface area contributed by atoms with E-state index in [1.54, 1.807) is 0 Å². The lowest BCUT2D eigenvalue weighted by Gasteiger charge is -2.50. The number of aliphatic hydroxyl groups is 20. The van der Waals surface area contributed by atoms with Crippen molar-refractivity contribution in [3.63, 3.8) is 0 Å². The number of nitrogens with one attached hydrogen (secondary N) is 2. The third-order valence-corrected chi connectivity index (χ3v) is 16.6. The maximum Gasteiger partial charge on any atom is 0.216 e. The van der Waals surface area contributed by atoms with Gasteiger partial charge in [0.1, 0.15) is 171 Å². The van der Waals surface area contributed by atoms with Gasteiger partial charge in [0, 0.05) is 20.0 Å². The lowest BCUT2D eigenvalue weighted by atomic mass is 9.95. The van der Waals surface area contributed by atoms with Crippen molar-refractivity contribution in [2.24, 2.45) is 0 Å². The molecule has 0 aromatic heterocycles. The Hall–Kier alpha value is -1.93. The number of aliphatic hydroxyl groups excluding tert-OH is 20. The minimum atomic E-state index is -2.21. The third kappa shape index (κ3) is 15.7. The van der Waals surface area contributed by atoms with E-state index in [1.165, 1.54) is 6.92 Å². The molecule has 0 aromatic carbocycles. The molecule has 21 saturated heterocycles. The number of hydrogen-bond donors (Lipinski definition) is 22. The van der Waals surface area contributed by atoms with Crippen molar-refractivity contribution in [1.29, 1.82) is 0 Å². The molecule has 22 N–H and O–H groups in total. The molecule has 14 bridgehead atoms. The van der Waals surface area contributed by atoms with Gasteiger partial charge in [0.25, 0.3) is 0 Å². The maximum atomic E-state index is 11.8. The molecule has 21 heterocycles. The SMILES string of the molecule is CC(=O)NCCCCCCNC[C@@H]1O[C@@H]2O[C@H]3[C@H](O)[C@H](O)[C@@H](O[C@H]4[C@@H](O)[C@H](O)[C@@H](O[C@H]5[C@H](O)[C@@H](O)[C@@H](O[C@H]6[C@H](O)[C@@H](O)[C@@H](O[C@H]7[C@H](O)[C@@H](O)[C@@H](O[C@H]8[C@H](O)[C@@H](O)[C@@H](O[C@H]1[C@H](O)[C@H]2O)O[C@H]8CO)O[C@H]7CO)O[C@H]6CO)O[C@@H]5CO)O[C@@H]4CO)O[C@@H]3CO. The molecule has 0 unspecified atom stereocenters. The Morgan fingerprint density at radius 2 is 0.471 bits per heavy atom. The third-order valence-electron chi connectivity index (χ3n) is 16.6. The summed E-state index contributed by atoms with van der Waals surface area (Å²) in [4.78, 5) is 11.3. The molecular weight excluding hydrogens is 1190 g/mol. The average molecular weight is 1280 g/mol. The van der Waals surface area contributed by atoms with Crippen LogP contribution in [-0.4, -0.2) is 382 Å². The van der Waals surface area contributed by atoms with Crippen molar-refractivity contribution < 1.29 is 173 Å². The van der Waals surface area contributed by atoms with Gasteiger partial charge in [-0.1, -0.05) is 12.8 Å². The van der Waals surface area contributed by atoms with Crippen molar-refractivity contribution in [3.05, 3.63) is 0 Å². The molecule has 0 saturated carbocycles. The molecule has 1 amide bonds. The van der Waals surface area contributed by atoms with E-state index in [4.69, 9.17) is 66.3 Å². The van der Waals surface area contributed by atoms with Crippen molar-refractivity contribution in [1.82, 2.24) is 10.6 Å². The summed E-state index contributed by atoms with van der Waals surface area (Å²) in [6.45, 7) is -4.30. The fourth-order valence-corrected chi connectivity index (χ4v) is 11.7. The molecule has 0 aromatic rings. The zero-order chi connectivity index (χ0) is 63.3. The van der Waals surface area contributed by atoms with Crippen LogP contribution in [0.2, 0.25) is 0 Å². The van der Waals surface area contributed by atoms with Crippen molar-refractivity contribution in [2.45, 2.75) is 248 Å². The van der Waals surface area contributed by atoms with Gasteiger partial charge in [0.15, 0.2) is 44.0 Å². The van der Waals surface area contributed by atoms with Crippen LogP contribution in [0, 0.1) is 0 Å².